The van der Waals surface area contributed by atoms with Gasteiger partial charge < -0.3 is 9.47 Å². The monoisotopic (exact) mass is 999 g/mol. The molecular formula is C69H106O4. The molecule has 0 aromatic heterocycles. The van der Waals surface area contributed by atoms with Crippen LogP contribution in [0.2, 0.25) is 0 Å². The second kappa shape index (κ2) is 39.7. The van der Waals surface area contributed by atoms with Gasteiger partial charge in [0.1, 0.15) is 0 Å². The summed E-state index contributed by atoms with van der Waals surface area (Å²) in [6.45, 7) is 31.0. The summed E-state index contributed by atoms with van der Waals surface area (Å²) in [4.78, 5) is 25.6. The predicted octanol–water partition coefficient (Wildman–Crippen LogP) is 21.3. The first kappa shape index (κ1) is 66.3. The van der Waals surface area contributed by atoms with Crippen molar-refractivity contribution in [3.8, 4) is 0 Å². The summed E-state index contributed by atoms with van der Waals surface area (Å²) in [5, 5.41) is 0. The SMILES string of the molecule is COC1=C(OC)C(=O)C(C/C=C(\C)CC/C=C(\C)CC/C=C(\C)CC/C=C(\C)CC/C=C(/C)CC/C=C(\C)CC/C=C(\C)CC/C=C(\C)CC/C=C(\C)CC/C=C(\C)CC/C=C(\C)CCC=C(C)C)=C(C)C1=O. The highest BCUT2D eigenvalue weighted by atomic mass is 16.5. The molecule has 0 spiro atoms. The van der Waals surface area contributed by atoms with Gasteiger partial charge in [-0.3, -0.25) is 9.59 Å². The van der Waals surface area contributed by atoms with E-state index in [9.17, 15) is 9.59 Å². The molecule has 0 saturated heterocycles. The molecule has 0 amide bonds. The molecule has 0 radical (unpaired) electrons. The number of carbonyl (C=O) groups is 2. The van der Waals surface area contributed by atoms with Gasteiger partial charge in [0.25, 0.3) is 0 Å². The van der Waals surface area contributed by atoms with Gasteiger partial charge in [-0.1, -0.05) is 140 Å². The van der Waals surface area contributed by atoms with E-state index in [1.165, 1.54) is 107 Å². The van der Waals surface area contributed by atoms with Crippen molar-refractivity contribution < 1.29 is 19.1 Å². The van der Waals surface area contributed by atoms with E-state index in [2.05, 4.69) is 163 Å². The number of ether oxygens (including phenoxy) is 2. The highest BCUT2D eigenvalue weighted by Crippen LogP contribution is 2.29. The van der Waals surface area contributed by atoms with Crippen molar-refractivity contribution in [2.75, 3.05) is 14.2 Å². The molecule has 4 heteroatoms. The molecular weight excluding hydrogens is 893 g/mol. The van der Waals surface area contributed by atoms with Crippen LogP contribution in [0.25, 0.3) is 0 Å². The normalized spacial score (nSPS) is 15.9. The number of carbonyl (C=O) groups excluding carboxylic acids is 2. The zero-order valence-electron chi connectivity index (χ0n) is 49.8. The molecule has 0 aliphatic heterocycles. The minimum atomic E-state index is -0.284. The second-order valence-corrected chi connectivity index (χ2v) is 21.8. The van der Waals surface area contributed by atoms with E-state index < -0.39 is 0 Å². The van der Waals surface area contributed by atoms with E-state index in [-0.39, 0.29) is 23.1 Å². The summed E-state index contributed by atoms with van der Waals surface area (Å²) in [7, 11) is 2.78. The summed E-state index contributed by atoms with van der Waals surface area (Å²) < 4.78 is 10.4. The fourth-order valence-electron chi connectivity index (χ4n) is 8.89. The van der Waals surface area contributed by atoms with Gasteiger partial charge in [-0.15, -0.1) is 0 Å². The topological polar surface area (TPSA) is 52.6 Å². The fourth-order valence-corrected chi connectivity index (χ4v) is 8.89. The molecule has 4 nitrogen and oxygen atoms in total. The van der Waals surface area contributed by atoms with Gasteiger partial charge in [0.15, 0.2) is 0 Å². The zero-order valence-corrected chi connectivity index (χ0v) is 49.8. The third-order valence-corrected chi connectivity index (χ3v) is 14.2. The van der Waals surface area contributed by atoms with Crippen LogP contribution in [0.1, 0.15) is 245 Å². The lowest BCUT2D eigenvalue weighted by Gasteiger charge is -2.19. The van der Waals surface area contributed by atoms with Crippen molar-refractivity contribution in [2.24, 2.45) is 0 Å². The van der Waals surface area contributed by atoms with Crippen molar-refractivity contribution in [2.45, 2.75) is 245 Å². The third-order valence-electron chi connectivity index (χ3n) is 14.2. The van der Waals surface area contributed by atoms with Gasteiger partial charge in [-0.25, -0.2) is 0 Å². The number of hydrogen-bond acceptors (Lipinski definition) is 4. The zero-order chi connectivity index (χ0) is 54.6. The molecule has 0 heterocycles. The maximum Gasteiger partial charge on any atom is 0.228 e. The fraction of sp³-hybridized carbons (Fsp3) is 0.565. The lowest BCUT2D eigenvalue weighted by atomic mass is 9.90. The van der Waals surface area contributed by atoms with Crippen LogP contribution in [0, 0.1) is 0 Å². The predicted molar refractivity (Wildman–Crippen MR) is 321 cm³/mol. The maximum atomic E-state index is 12.9. The van der Waals surface area contributed by atoms with E-state index in [0.717, 1.165) is 116 Å². The number of Topliss-reactive ketones (excluding diaryl/α,β-unsaturated/α-hetero) is 2. The highest BCUT2D eigenvalue weighted by molar-refractivity contribution is 6.23. The minimum absolute atomic E-state index is 0.00688. The average Bonchev–Trinajstić information content (AvgIpc) is 3.32. The van der Waals surface area contributed by atoms with Crippen molar-refractivity contribution in [3.63, 3.8) is 0 Å². The van der Waals surface area contributed by atoms with E-state index in [1.54, 1.807) is 6.92 Å². The second-order valence-electron chi connectivity index (χ2n) is 21.8. The standard InChI is InChI=1S/C69H106O4/c1-52(2)28-17-29-53(3)30-18-31-54(4)32-19-33-55(5)34-20-35-56(6)36-21-37-57(7)38-22-39-58(8)40-23-41-59(9)42-24-43-60(10)44-25-45-61(11)46-26-47-62(12)48-27-49-63(13)50-51-65-64(14)66(70)68(72-15)69(73-16)67(65)71/h28,30,32,34,36,38,40,42,44,46,48,50H,17-27,29,31,33,35,37,39,41,43,45,47,49,51H2,1-16H3/b53-30+,54-32+,55-34+,56-36+,57-38+,58-40+,59-42-,60-44+,61-46+,62-48+,63-50+. The van der Waals surface area contributed by atoms with Crippen LogP contribution in [0.15, 0.2) is 162 Å². The summed E-state index contributed by atoms with van der Waals surface area (Å²) in [5.41, 5.74) is 18.5. The Labute approximate surface area is 449 Å². The van der Waals surface area contributed by atoms with Crippen LogP contribution in [0.5, 0.6) is 0 Å². The molecule has 0 unspecified atom stereocenters. The maximum absolute atomic E-state index is 12.9. The van der Waals surface area contributed by atoms with E-state index >= 15 is 0 Å². The molecule has 0 N–H and O–H groups in total. The lowest BCUT2D eigenvalue weighted by Crippen LogP contribution is -2.24. The Morgan fingerprint density at radius 2 is 0.493 bits per heavy atom. The van der Waals surface area contributed by atoms with Crippen molar-refractivity contribution in [1.29, 1.82) is 0 Å². The highest BCUT2D eigenvalue weighted by Gasteiger charge is 2.34. The Hall–Kier alpha value is -4.70. The number of allylic oxidation sites excluding steroid dienone is 26. The molecule has 0 aromatic carbocycles. The molecule has 1 aliphatic carbocycles. The Morgan fingerprint density at radius 1 is 0.301 bits per heavy atom. The summed E-state index contributed by atoms with van der Waals surface area (Å²) in [6.07, 6.45) is 53.8. The Kier molecular flexibility index (Phi) is 36.1. The van der Waals surface area contributed by atoms with Crippen LogP contribution < -0.4 is 0 Å². The molecule has 0 aromatic rings. The number of rotatable bonds is 37. The number of methoxy groups -OCH3 is 2. The van der Waals surface area contributed by atoms with E-state index in [1.807, 2.05) is 0 Å². The van der Waals surface area contributed by atoms with E-state index in [0.29, 0.717) is 17.6 Å². The van der Waals surface area contributed by atoms with Crippen LogP contribution >= 0.6 is 0 Å². The minimum Gasteiger partial charge on any atom is -0.489 e. The van der Waals surface area contributed by atoms with Crippen molar-refractivity contribution in [3.05, 3.63) is 162 Å². The molecule has 0 saturated carbocycles. The van der Waals surface area contributed by atoms with Gasteiger partial charge in [0.2, 0.25) is 23.1 Å². The largest absolute Gasteiger partial charge is 0.489 e. The molecule has 0 atom stereocenters. The third kappa shape index (κ3) is 32.3. The first-order chi connectivity index (χ1) is 34.8. The lowest BCUT2D eigenvalue weighted by molar-refractivity contribution is -0.121. The molecule has 1 rings (SSSR count). The van der Waals surface area contributed by atoms with Crippen LogP contribution in [-0.2, 0) is 19.1 Å². The number of ketones is 2. The van der Waals surface area contributed by atoms with Crippen LogP contribution in [0.4, 0.5) is 0 Å². The van der Waals surface area contributed by atoms with Gasteiger partial charge >= 0.3 is 0 Å². The Balaban J connectivity index is 2.28. The first-order valence-corrected chi connectivity index (χ1v) is 28.2. The van der Waals surface area contributed by atoms with Gasteiger partial charge in [-0.2, -0.15) is 0 Å². The van der Waals surface area contributed by atoms with E-state index in [4.69, 9.17) is 9.47 Å². The summed E-state index contributed by atoms with van der Waals surface area (Å²) in [5.74, 6) is -0.572. The van der Waals surface area contributed by atoms with Crippen LogP contribution in [0.3, 0.4) is 0 Å². The van der Waals surface area contributed by atoms with Gasteiger partial charge in [0.05, 0.1) is 14.2 Å². The van der Waals surface area contributed by atoms with Crippen molar-refractivity contribution in [1.82, 2.24) is 0 Å². The Morgan fingerprint density at radius 3 is 0.699 bits per heavy atom. The molecule has 406 valence electrons. The molecule has 0 bridgehead atoms. The van der Waals surface area contributed by atoms with Crippen molar-refractivity contribution >= 4 is 11.6 Å². The smallest absolute Gasteiger partial charge is 0.228 e. The number of hydrogen-bond donors (Lipinski definition) is 0. The van der Waals surface area contributed by atoms with Gasteiger partial charge in [-0.05, 0) is 245 Å². The average molecular weight is 1000 g/mol. The van der Waals surface area contributed by atoms with Crippen LogP contribution in [-0.4, -0.2) is 25.8 Å². The summed E-state index contributed by atoms with van der Waals surface area (Å²) in [6, 6.07) is 0. The molecule has 73 heavy (non-hydrogen) atoms. The van der Waals surface area contributed by atoms with Gasteiger partial charge in [0, 0.05) is 11.1 Å². The quantitative estimate of drug-likeness (QED) is 0.0460. The first-order valence-electron chi connectivity index (χ1n) is 28.2. The molecule has 0 fully saturated rings. The summed E-state index contributed by atoms with van der Waals surface area (Å²) >= 11 is 0. The molecule has 1 aliphatic rings. The Bertz CT molecular complexity index is 2180.